The summed E-state index contributed by atoms with van der Waals surface area (Å²) in [5.41, 5.74) is 8.26. The summed E-state index contributed by atoms with van der Waals surface area (Å²) in [5.74, 6) is 0.791. The summed E-state index contributed by atoms with van der Waals surface area (Å²) in [5, 5.41) is 8.54. The molecule has 0 saturated heterocycles. The van der Waals surface area contributed by atoms with Crippen molar-refractivity contribution in [1.29, 1.82) is 0 Å². The Morgan fingerprint density at radius 2 is 2.14 bits per heavy atom. The highest BCUT2D eigenvalue weighted by Crippen LogP contribution is 2.36. The van der Waals surface area contributed by atoms with Gasteiger partial charge in [0, 0.05) is 5.69 Å². The van der Waals surface area contributed by atoms with E-state index in [9.17, 15) is 4.79 Å². The fourth-order valence-corrected chi connectivity index (χ4v) is 2.55. The van der Waals surface area contributed by atoms with Crippen molar-refractivity contribution >= 4 is 29.5 Å². The van der Waals surface area contributed by atoms with Crippen LogP contribution in [-0.2, 0) is 0 Å². The monoisotopic (exact) mass is 315 g/mol. The number of carboxylic acids is 1. The van der Waals surface area contributed by atoms with Gasteiger partial charge < -0.3 is 15.6 Å². The van der Waals surface area contributed by atoms with E-state index in [1.54, 1.807) is 17.8 Å². The summed E-state index contributed by atoms with van der Waals surface area (Å²) < 4.78 is 5.36. The van der Waals surface area contributed by atoms with E-state index in [4.69, 9.17) is 15.6 Å². The Morgan fingerprint density at radius 3 is 2.77 bits per heavy atom. The Labute approximate surface area is 133 Å². The van der Waals surface area contributed by atoms with E-state index < -0.39 is 5.97 Å². The molecular weight excluding hydrogens is 298 g/mol. The van der Waals surface area contributed by atoms with Crippen LogP contribution < -0.4 is 10.5 Å². The Balaban J connectivity index is 0.000000160. The molecule has 0 amide bonds. The molecule has 22 heavy (non-hydrogen) atoms. The number of fused-ring (bicyclic) bond motifs is 1. The number of rotatable bonds is 2. The molecule has 2 aromatic carbocycles. The molecule has 0 fully saturated rings. The number of hydrogen-bond acceptors (Lipinski definition) is 4. The SMILES string of the molecule is C=Cc1ccc2c(c1)OCS2.Cc1ccc(C(=O)O)cc1N. The van der Waals surface area contributed by atoms with E-state index in [2.05, 4.69) is 12.6 Å². The van der Waals surface area contributed by atoms with Crippen molar-refractivity contribution in [3.8, 4) is 5.75 Å². The lowest BCUT2D eigenvalue weighted by molar-refractivity contribution is 0.0697. The van der Waals surface area contributed by atoms with Gasteiger partial charge in [-0.1, -0.05) is 36.5 Å². The van der Waals surface area contributed by atoms with E-state index in [0.717, 1.165) is 22.8 Å². The van der Waals surface area contributed by atoms with Crippen molar-refractivity contribution in [2.75, 3.05) is 11.7 Å². The predicted octanol–water partition coefficient (Wildman–Crippen LogP) is 4.05. The van der Waals surface area contributed by atoms with Crippen LogP contribution in [0.3, 0.4) is 0 Å². The minimum Gasteiger partial charge on any atom is -0.481 e. The molecular formula is C17H17NO3S. The maximum Gasteiger partial charge on any atom is 0.335 e. The van der Waals surface area contributed by atoms with E-state index in [-0.39, 0.29) is 5.56 Å². The Hall–Kier alpha value is -2.40. The first-order chi connectivity index (χ1) is 10.5. The van der Waals surface area contributed by atoms with Crippen LogP contribution in [0.5, 0.6) is 5.75 Å². The summed E-state index contributed by atoms with van der Waals surface area (Å²) in [6.07, 6.45) is 1.83. The van der Waals surface area contributed by atoms with Gasteiger partial charge in [0.2, 0.25) is 0 Å². The lowest BCUT2D eigenvalue weighted by atomic mass is 10.1. The molecule has 4 nitrogen and oxygen atoms in total. The van der Waals surface area contributed by atoms with Crippen LogP contribution in [0, 0.1) is 6.92 Å². The standard InChI is InChI=1S/C9H8OS.C8H9NO2/c1-2-7-3-4-9-8(5-7)10-6-11-9;1-5-2-3-6(8(10)11)4-7(5)9/h2-5H,1,6H2;2-4H,9H2,1H3,(H,10,11). The number of carboxylic acid groups (broad SMARTS) is 1. The number of nitrogens with two attached hydrogens (primary N) is 1. The van der Waals surface area contributed by atoms with Crippen molar-refractivity contribution in [3.63, 3.8) is 0 Å². The lowest BCUT2D eigenvalue weighted by Crippen LogP contribution is -1.98. The van der Waals surface area contributed by atoms with Crippen LogP contribution in [0.25, 0.3) is 6.08 Å². The number of nitrogen functional groups attached to an aromatic ring is 1. The summed E-state index contributed by atoms with van der Waals surface area (Å²) in [6.45, 7) is 5.53. The second-order valence-corrected chi connectivity index (χ2v) is 5.66. The molecule has 3 N–H and O–H groups in total. The molecule has 2 aromatic rings. The third-order valence-electron chi connectivity index (χ3n) is 3.16. The minimum absolute atomic E-state index is 0.230. The molecule has 114 valence electrons. The van der Waals surface area contributed by atoms with E-state index >= 15 is 0 Å². The number of thioether (sulfide) groups is 1. The van der Waals surface area contributed by atoms with Gasteiger partial charge in [-0.25, -0.2) is 4.79 Å². The number of aromatic carboxylic acids is 1. The number of carbonyl (C=O) groups is 1. The van der Waals surface area contributed by atoms with Crippen molar-refractivity contribution in [2.45, 2.75) is 11.8 Å². The number of hydrogen-bond donors (Lipinski definition) is 2. The lowest BCUT2D eigenvalue weighted by Gasteiger charge is -1.99. The summed E-state index contributed by atoms with van der Waals surface area (Å²) >= 11 is 1.73. The van der Waals surface area contributed by atoms with Crippen LogP contribution in [0.4, 0.5) is 5.69 Å². The molecule has 0 unspecified atom stereocenters. The van der Waals surface area contributed by atoms with Gasteiger partial charge in [-0.2, -0.15) is 0 Å². The topological polar surface area (TPSA) is 72.5 Å². The van der Waals surface area contributed by atoms with Gasteiger partial charge in [-0.3, -0.25) is 0 Å². The van der Waals surface area contributed by atoms with Crippen molar-refractivity contribution in [2.24, 2.45) is 0 Å². The Kier molecular flexibility index (Phi) is 5.12. The fourth-order valence-electron chi connectivity index (χ4n) is 1.81. The molecule has 0 aromatic heterocycles. The molecule has 0 radical (unpaired) electrons. The summed E-state index contributed by atoms with van der Waals surface area (Å²) in [4.78, 5) is 11.6. The van der Waals surface area contributed by atoms with Crippen LogP contribution in [0.1, 0.15) is 21.5 Å². The largest absolute Gasteiger partial charge is 0.481 e. The first-order valence-electron chi connectivity index (χ1n) is 6.62. The van der Waals surface area contributed by atoms with Crippen molar-refractivity contribution in [3.05, 3.63) is 59.7 Å². The number of anilines is 1. The maximum atomic E-state index is 10.4. The zero-order valence-electron chi connectivity index (χ0n) is 12.2. The van der Waals surface area contributed by atoms with E-state index in [1.165, 1.54) is 17.0 Å². The molecule has 1 aliphatic rings. The molecule has 0 atom stereocenters. The van der Waals surface area contributed by atoms with Crippen LogP contribution in [-0.4, -0.2) is 17.0 Å². The van der Waals surface area contributed by atoms with Crippen molar-refractivity contribution in [1.82, 2.24) is 0 Å². The first kappa shape index (κ1) is 16.0. The van der Waals surface area contributed by atoms with Crippen LogP contribution in [0.15, 0.2) is 47.9 Å². The molecule has 0 spiro atoms. The quantitative estimate of drug-likeness (QED) is 0.818. The number of benzene rings is 2. The van der Waals surface area contributed by atoms with E-state index in [1.807, 2.05) is 25.1 Å². The number of ether oxygens (including phenoxy) is 1. The zero-order valence-corrected chi connectivity index (χ0v) is 13.0. The first-order valence-corrected chi connectivity index (χ1v) is 7.61. The molecule has 3 rings (SSSR count). The van der Waals surface area contributed by atoms with Crippen LogP contribution in [0.2, 0.25) is 0 Å². The third kappa shape index (κ3) is 3.83. The average molecular weight is 315 g/mol. The third-order valence-corrected chi connectivity index (χ3v) is 4.04. The molecule has 5 heteroatoms. The van der Waals surface area contributed by atoms with Gasteiger partial charge in [-0.05, 0) is 42.3 Å². The Morgan fingerprint density at radius 1 is 1.36 bits per heavy atom. The van der Waals surface area contributed by atoms with Crippen molar-refractivity contribution < 1.29 is 14.6 Å². The minimum atomic E-state index is -0.947. The van der Waals surface area contributed by atoms with Gasteiger partial charge in [0.1, 0.15) is 11.7 Å². The molecule has 1 aliphatic heterocycles. The van der Waals surface area contributed by atoms with Gasteiger partial charge in [0.15, 0.2) is 0 Å². The highest BCUT2D eigenvalue weighted by molar-refractivity contribution is 7.99. The molecule has 0 saturated carbocycles. The predicted molar refractivity (Wildman–Crippen MR) is 90.4 cm³/mol. The second-order valence-electron chi connectivity index (χ2n) is 4.69. The second kappa shape index (κ2) is 7.04. The summed E-state index contributed by atoms with van der Waals surface area (Å²) in [7, 11) is 0. The zero-order chi connectivity index (χ0) is 16.1. The summed E-state index contributed by atoms with van der Waals surface area (Å²) in [6, 6.07) is 10.8. The van der Waals surface area contributed by atoms with Gasteiger partial charge in [0.25, 0.3) is 0 Å². The van der Waals surface area contributed by atoms with Gasteiger partial charge in [-0.15, -0.1) is 0 Å². The number of aryl methyl sites for hydroxylation is 1. The highest BCUT2D eigenvalue weighted by Gasteiger charge is 2.11. The molecule has 1 heterocycles. The fraction of sp³-hybridized carbons (Fsp3) is 0.118. The maximum absolute atomic E-state index is 10.4. The average Bonchev–Trinajstić information content (AvgIpc) is 2.97. The Bertz CT molecular complexity index is 713. The molecule has 0 aliphatic carbocycles. The smallest absolute Gasteiger partial charge is 0.335 e. The van der Waals surface area contributed by atoms with Crippen LogP contribution >= 0.6 is 11.8 Å². The normalized spacial score (nSPS) is 11.7. The highest BCUT2D eigenvalue weighted by atomic mass is 32.2. The van der Waals surface area contributed by atoms with E-state index in [0.29, 0.717) is 5.69 Å². The van der Waals surface area contributed by atoms with Gasteiger partial charge in [0.05, 0.1) is 10.5 Å². The molecule has 0 bridgehead atoms. The van der Waals surface area contributed by atoms with Gasteiger partial charge >= 0.3 is 5.97 Å².